The summed E-state index contributed by atoms with van der Waals surface area (Å²) >= 11 is 1.93. The number of nitro groups is 1. The number of nitrogens with zero attached hydrogens (tertiary/aromatic N) is 3. The van der Waals surface area contributed by atoms with E-state index in [-0.39, 0.29) is 5.82 Å². The molecule has 0 radical (unpaired) electrons. The molecule has 0 aliphatic carbocycles. The average molecular weight is 225 g/mol. The van der Waals surface area contributed by atoms with E-state index in [1.807, 2.05) is 11.8 Å². The molecule has 2 heterocycles. The number of hydrogen-bond acceptors (Lipinski definition) is 5. The zero-order chi connectivity index (χ0) is 10.7. The molecule has 0 saturated carbocycles. The summed E-state index contributed by atoms with van der Waals surface area (Å²) in [7, 11) is 0. The summed E-state index contributed by atoms with van der Waals surface area (Å²) in [6, 6.07) is 3.22. The first-order chi connectivity index (χ1) is 7.27. The highest BCUT2D eigenvalue weighted by Crippen LogP contribution is 2.19. The lowest BCUT2D eigenvalue weighted by Crippen LogP contribution is -2.32. The van der Waals surface area contributed by atoms with Crippen molar-refractivity contribution in [2.24, 2.45) is 0 Å². The summed E-state index contributed by atoms with van der Waals surface area (Å²) in [4.78, 5) is 15.9. The smallest absolute Gasteiger partial charge is 0.363 e. The van der Waals surface area contributed by atoms with Gasteiger partial charge in [-0.05, 0) is 16.0 Å². The molecule has 0 unspecified atom stereocenters. The summed E-state index contributed by atoms with van der Waals surface area (Å²) in [5, 5.41) is 10.4. The van der Waals surface area contributed by atoms with Gasteiger partial charge in [0.1, 0.15) is 0 Å². The minimum Gasteiger partial charge on any atom is -0.367 e. The minimum absolute atomic E-state index is 0.0925. The molecule has 6 heteroatoms. The topological polar surface area (TPSA) is 59.3 Å². The standard InChI is InChI=1S/C9H11N3O2S/c13-12(14)9-2-1-8(7-10-9)11-3-5-15-6-4-11/h1-2,7H,3-6H2. The quantitative estimate of drug-likeness (QED) is 0.564. The van der Waals surface area contributed by atoms with Crippen LogP contribution in [0, 0.1) is 10.1 Å². The number of pyridine rings is 1. The van der Waals surface area contributed by atoms with Crippen molar-refractivity contribution >= 4 is 23.3 Å². The molecule has 0 atom stereocenters. The van der Waals surface area contributed by atoms with Crippen molar-refractivity contribution in [3.8, 4) is 0 Å². The van der Waals surface area contributed by atoms with Crippen molar-refractivity contribution in [1.29, 1.82) is 0 Å². The Bertz CT molecular complexity index is 349. The molecule has 1 aliphatic heterocycles. The average Bonchev–Trinajstić information content (AvgIpc) is 2.30. The molecule has 1 aromatic rings. The van der Waals surface area contributed by atoms with Gasteiger partial charge in [-0.2, -0.15) is 11.8 Å². The Morgan fingerprint density at radius 2 is 2.13 bits per heavy atom. The molecular weight excluding hydrogens is 214 g/mol. The Morgan fingerprint density at radius 3 is 2.67 bits per heavy atom. The number of rotatable bonds is 2. The molecule has 5 nitrogen and oxygen atoms in total. The first-order valence-corrected chi connectivity index (χ1v) is 5.86. The second-order valence-corrected chi connectivity index (χ2v) is 4.46. The highest BCUT2D eigenvalue weighted by molar-refractivity contribution is 7.99. The van der Waals surface area contributed by atoms with E-state index in [1.165, 1.54) is 6.07 Å². The van der Waals surface area contributed by atoms with Crippen molar-refractivity contribution in [2.75, 3.05) is 29.5 Å². The molecule has 0 N–H and O–H groups in total. The molecule has 80 valence electrons. The van der Waals surface area contributed by atoms with Crippen molar-refractivity contribution in [3.63, 3.8) is 0 Å². The van der Waals surface area contributed by atoms with E-state index < -0.39 is 4.92 Å². The first-order valence-electron chi connectivity index (χ1n) is 4.70. The molecule has 1 aromatic heterocycles. The summed E-state index contributed by atoms with van der Waals surface area (Å²) in [6.45, 7) is 1.98. The van der Waals surface area contributed by atoms with Crippen LogP contribution in [0.25, 0.3) is 0 Å². The Kier molecular flexibility index (Phi) is 3.05. The number of aromatic nitrogens is 1. The van der Waals surface area contributed by atoms with E-state index in [2.05, 4.69) is 9.88 Å². The van der Waals surface area contributed by atoms with E-state index in [1.54, 1.807) is 12.3 Å². The van der Waals surface area contributed by atoms with E-state index in [9.17, 15) is 10.1 Å². The fourth-order valence-electron chi connectivity index (χ4n) is 1.49. The van der Waals surface area contributed by atoms with Crippen molar-refractivity contribution < 1.29 is 4.92 Å². The van der Waals surface area contributed by atoms with Crippen molar-refractivity contribution in [3.05, 3.63) is 28.4 Å². The summed E-state index contributed by atoms with van der Waals surface area (Å²) in [6.07, 6.45) is 1.58. The molecule has 1 fully saturated rings. The van der Waals surface area contributed by atoms with Gasteiger partial charge in [-0.3, -0.25) is 0 Å². The van der Waals surface area contributed by atoms with Gasteiger partial charge in [0.05, 0.1) is 5.69 Å². The maximum Gasteiger partial charge on any atom is 0.363 e. The van der Waals surface area contributed by atoms with Gasteiger partial charge < -0.3 is 15.0 Å². The zero-order valence-electron chi connectivity index (χ0n) is 8.13. The van der Waals surface area contributed by atoms with Crippen LogP contribution in [0.1, 0.15) is 0 Å². The van der Waals surface area contributed by atoms with Crippen LogP contribution < -0.4 is 4.90 Å². The summed E-state index contributed by atoms with van der Waals surface area (Å²) in [5.74, 6) is 2.12. The van der Waals surface area contributed by atoms with Crippen LogP contribution in [0.5, 0.6) is 0 Å². The third-order valence-corrected chi connectivity index (χ3v) is 3.24. The van der Waals surface area contributed by atoms with Crippen molar-refractivity contribution in [1.82, 2.24) is 4.98 Å². The fraction of sp³-hybridized carbons (Fsp3) is 0.444. The minimum atomic E-state index is -0.476. The third-order valence-electron chi connectivity index (χ3n) is 2.30. The maximum absolute atomic E-state index is 10.4. The van der Waals surface area contributed by atoms with Gasteiger partial charge >= 0.3 is 5.82 Å². The van der Waals surface area contributed by atoms with Crippen LogP contribution in [0.2, 0.25) is 0 Å². The number of thioether (sulfide) groups is 1. The van der Waals surface area contributed by atoms with E-state index in [0.29, 0.717) is 0 Å². The second-order valence-electron chi connectivity index (χ2n) is 3.23. The van der Waals surface area contributed by atoms with Crippen LogP contribution in [0.4, 0.5) is 11.5 Å². The van der Waals surface area contributed by atoms with Crippen LogP contribution in [-0.4, -0.2) is 34.5 Å². The molecule has 0 spiro atoms. The molecule has 1 aliphatic rings. The van der Waals surface area contributed by atoms with Crippen LogP contribution in [0.3, 0.4) is 0 Å². The van der Waals surface area contributed by atoms with Gasteiger partial charge in [0.2, 0.25) is 0 Å². The molecule has 0 bridgehead atoms. The first kappa shape index (κ1) is 10.2. The van der Waals surface area contributed by atoms with Crippen LogP contribution >= 0.6 is 11.8 Å². The van der Waals surface area contributed by atoms with Gasteiger partial charge in [-0.25, -0.2) is 0 Å². The van der Waals surface area contributed by atoms with Gasteiger partial charge in [-0.1, -0.05) is 0 Å². The van der Waals surface area contributed by atoms with Crippen molar-refractivity contribution in [2.45, 2.75) is 0 Å². The SMILES string of the molecule is O=[N+]([O-])c1ccc(N2CCSCC2)cn1. The maximum atomic E-state index is 10.4. The zero-order valence-corrected chi connectivity index (χ0v) is 8.94. The largest absolute Gasteiger partial charge is 0.367 e. The Balaban J connectivity index is 2.11. The Hall–Kier alpha value is -1.30. The van der Waals surface area contributed by atoms with E-state index in [0.717, 1.165) is 30.3 Å². The lowest BCUT2D eigenvalue weighted by Gasteiger charge is -2.27. The second kappa shape index (κ2) is 4.48. The predicted molar refractivity (Wildman–Crippen MR) is 60.4 cm³/mol. The third kappa shape index (κ3) is 2.38. The monoisotopic (exact) mass is 225 g/mol. The van der Waals surface area contributed by atoms with E-state index >= 15 is 0 Å². The Labute approximate surface area is 91.6 Å². The predicted octanol–water partition coefficient (Wildman–Crippen LogP) is 1.54. The van der Waals surface area contributed by atoms with Gasteiger partial charge in [0.15, 0.2) is 6.20 Å². The molecule has 1 saturated heterocycles. The normalized spacial score (nSPS) is 16.4. The lowest BCUT2D eigenvalue weighted by molar-refractivity contribution is -0.389. The van der Waals surface area contributed by atoms with Gasteiger partial charge in [0.25, 0.3) is 0 Å². The van der Waals surface area contributed by atoms with Crippen LogP contribution in [-0.2, 0) is 0 Å². The van der Waals surface area contributed by atoms with E-state index in [4.69, 9.17) is 0 Å². The Morgan fingerprint density at radius 1 is 1.40 bits per heavy atom. The molecule has 0 amide bonds. The fourth-order valence-corrected chi connectivity index (χ4v) is 2.40. The number of hydrogen-bond donors (Lipinski definition) is 0. The van der Waals surface area contributed by atoms with Crippen LogP contribution in [0.15, 0.2) is 18.3 Å². The molecular formula is C9H11N3O2S. The lowest BCUT2D eigenvalue weighted by atomic mass is 10.3. The summed E-state index contributed by atoms with van der Waals surface area (Å²) < 4.78 is 0. The summed E-state index contributed by atoms with van der Waals surface area (Å²) in [5.41, 5.74) is 0.973. The van der Waals surface area contributed by atoms with Gasteiger partial charge in [0, 0.05) is 30.7 Å². The molecule has 15 heavy (non-hydrogen) atoms. The molecule has 0 aromatic carbocycles. The highest BCUT2D eigenvalue weighted by atomic mass is 32.2. The molecule has 2 rings (SSSR count). The number of anilines is 1. The highest BCUT2D eigenvalue weighted by Gasteiger charge is 2.14. The van der Waals surface area contributed by atoms with Gasteiger partial charge in [-0.15, -0.1) is 0 Å².